The number of carbonyl (C=O) groups excluding carboxylic acids is 1. The Kier molecular flexibility index (Phi) is 3.56. The summed E-state index contributed by atoms with van der Waals surface area (Å²) in [5, 5.41) is 23.1. The number of aliphatic hydroxyl groups is 1. The van der Waals surface area contributed by atoms with Crippen molar-refractivity contribution < 1.29 is 9.90 Å². The molecule has 3 heterocycles. The van der Waals surface area contributed by atoms with Gasteiger partial charge in [0.15, 0.2) is 0 Å². The molecule has 5 rings (SSSR count). The Balaban J connectivity index is 1.31. The molecule has 1 aliphatic carbocycles. The second kappa shape index (κ2) is 5.95. The van der Waals surface area contributed by atoms with Crippen LogP contribution in [0.5, 0.6) is 0 Å². The zero-order chi connectivity index (χ0) is 17.7. The Hall–Kier alpha value is -2.67. The van der Waals surface area contributed by atoms with Crippen LogP contribution in [0.4, 0.5) is 0 Å². The number of hydrogen-bond donors (Lipinski definition) is 2. The molecule has 0 saturated heterocycles. The monoisotopic (exact) mass is 351 g/mol. The molecule has 0 spiro atoms. The van der Waals surface area contributed by atoms with Gasteiger partial charge in [-0.3, -0.25) is 14.6 Å². The van der Waals surface area contributed by atoms with E-state index in [0.717, 1.165) is 40.8 Å². The van der Waals surface area contributed by atoms with Gasteiger partial charge in [0.25, 0.3) is 0 Å². The van der Waals surface area contributed by atoms with Crippen molar-refractivity contribution in [3.63, 3.8) is 0 Å². The van der Waals surface area contributed by atoms with Crippen LogP contribution in [0.15, 0.2) is 30.3 Å². The first kappa shape index (κ1) is 15.6. The van der Waals surface area contributed by atoms with Crippen LogP contribution >= 0.6 is 0 Å². The number of carbonyl (C=O) groups is 1. The highest BCUT2D eigenvalue weighted by Gasteiger charge is 2.33. The molecule has 1 saturated carbocycles. The first-order chi connectivity index (χ1) is 12.7. The summed E-state index contributed by atoms with van der Waals surface area (Å²) in [6.45, 7) is 1.84. The quantitative estimate of drug-likeness (QED) is 0.750. The van der Waals surface area contributed by atoms with Crippen molar-refractivity contribution in [1.29, 1.82) is 0 Å². The number of para-hydroxylation sites is 1. The van der Waals surface area contributed by atoms with Gasteiger partial charge in [-0.05, 0) is 30.9 Å². The van der Waals surface area contributed by atoms with Gasteiger partial charge in [-0.1, -0.05) is 18.2 Å². The zero-order valence-electron chi connectivity index (χ0n) is 14.4. The van der Waals surface area contributed by atoms with Gasteiger partial charge in [-0.2, -0.15) is 10.2 Å². The van der Waals surface area contributed by atoms with Crippen LogP contribution in [-0.2, 0) is 24.3 Å². The molecule has 2 aliphatic rings. The summed E-state index contributed by atoms with van der Waals surface area (Å²) in [7, 11) is 0. The fourth-order valence-corrected chi connectivity index (χ4v) is 3.71. The van der Waals surface area contributed by atoms with Crippen LogP contribution in [0.3, 0.4) is 0 Å². The SMILES string of the molecule is O=C(Cc1[nH]nc2ccccc12)N1CCn2nc([C@@H](O)C3CC3)cc2C1. The molecule has 7 heteroatoms. The number of rotatable bonds is 4. The lowest BCUT2D eigenvalue weighted by molar-refractivity contribution is -0.132. The van der Waals surface area contributed by atoms with E-state index in [1.54, 1.807) is 0 Å². The number of nitrogens with one attached hydrogen (secondary N) is 1. The maximum Gasteiger partial charge on any atom is 0.229 e. The topological polar surface area (TPSA) is 87.0 Å². The van der Waals surface area contributed by atoms with E-state index in [9.17, 15) is 9.90 Å². The maximum atomic E-state index is 12.8. The molecule has 7 nitrogen and oxygen atoms in total. The highest BCUT2D eigenvalue weighted by molar-refractivity contribution is 5.87. The molecule has 134 valence electrons. The van der Waals surface area contributed by atoms with Gasteiger partial charge < -0.3 is 10.0 Å². The fraction of sp³-hybridized carbons (Fsp3) is 0.421. The minimum Gasteiger partial charge on any atom is -0.386 e. The molecule has 3 aromatic rings. The third-order valence-electron chi connectivity index (χ3n) is 5.41. The summed E-state index contributed by atoms with van der Waals surface area (Å²) >= 11 is 0. The molecule has 0 radical (unpaired) electrons. The average Bonchev–Trinajstić information content (AvgIpc) is 3.30. The van der Waals surface area contributed by atoms with E-state index in [4.69, 9.17) is 0 Å². The predicted molar refractivity (Wildman–Crippen MR) is 95.1 cm³/mol. The lowest BCUT2D eigenvalue weighted by Gasteiger charge is -2.27. The first-order valence-corrected chi connectivity index (χ1v) is 9.13. The number of hydrogen-bond acceptors (Lipinski definition) is 4. The van der Waals surface area contributed by atoms with E-state index in [1.165, 1.54) is 0 Å². The Morgan fingerprint density at radius 3 is 3.00 bits per heavy atom. The van der Waals surface area contributed by atoms with Crippen molar-refractivity contribution in [2.45, 2.75) is 38.5 Å². The van der Waals surface area contributed by atoms with Gasteiger partial charge >= 0.3 is 0 Å². The van der Waals surface area contributed by atoms with E-state index in [0.29, 0.717) is 32.0 Å². The van der Waals surface area contributed by atoms with Gasteiger partial charge in [0, 0.05) is 11.9 Å². The molecule has 0 bridgehead atoms. The van der Waals surface area contributed by atoms with Crippen molar-refractivity contribution in [2.75, 3.05) is 6.54 Å². The van der Waals surface area contributed by atoms with Gasteiger partial charge in [-0.15, -0.1) is 0 Å². The molecule has 1 atom stereocenters. The molecule has 0 unspecified atom stereocenters. The van der Waals surface area contributed by atoms with Crippen LogP contribution < -0.4 is 0 Å². The van der Waals surface area contributed by atoms with Crippen molar-refractivity contribution >= 4 is 16.8 Å². The third-order valence-corrected chi connectivity index (χ3v) is 5.41. The minimum atomic E-state index is -0.464. The molecule has 2 aromatic heterocycles. The number of amides is 1. The number of fused-ring (bicyclic) bond motifs is 2. The average molecular weight is 351 g/mol. The Morgan fingerprint density at radius 1 is 1.31 bits per heavy atom. The fourth-order valence-electron chi connectivity index (χ4n) is 3.71. The highest BCUT2D eigenvalue weighted by Crippen LogP contribution is 2.40. The van der Waals surface area contributed by atoms with Crippen LogP contribution in [0.2, 0.25) is 0 Å². The third kappa shape index (κ3) is 2.68. The van der Waals surface area contributed by atoms with Crippen LogP contribution in [0, 0.1) is 5.92 Å². The van der Waals surface area contributed by atoms with Gasteiger partial charge in [0.05, 0.1) is 42.1 Å². The van der Waals surface area contributed by atoms with Crippen LogP contribution in [0.25, 0.3) is 10.9 Å². The van der Waals surface area contributed by atoms with E-state index in [1.807, 2.05) is 39.9 Å². The first-order valence-electron chi connectivity index (χ1n) is 9.13. The number of H-pyrrole nitrogens is 1. The second-order valence-corrected chi connectivity index (χ2v) is 7.28. The standard InChI is InChI=1S/C19H21N5O2/c25-18(10-16-14-3-1-2-4-15(14)20-21-16)23-7-8-24-13(11-23)9-17(22-24)19(26)12-5-6-12/h1-4,9,12,19,26H,5-8,10-11H2,(H,20,21)/t19-/m0/s1. The highest BCUT2D eigenvalue weighted by atomic mass is 16.3. The number of benzene rings is 1. The summed E-state index contributed by atoms with van der Waals surface area (Å²) in [4.78, 5) is 14.6. The van der Waals surface area contributed by atoms with Gasteiger partial charge in [-0.25, -0.2) is 0 Å². The Labute approximate surface area is 150 Å². The van der Waals surface area contributed by atoms with Crippen LogP contribution in [0.1, 0.15) is 36.0 Å². The number of aromatic amines is 1. The summed E-state index contributed by atoms with van der Waals surface area (Å²) in [5.41, 5.74) is 3.48. The van der Waals surface area contributed by atoms with Gasteiger partial charge in [0.1, 0.15) is 6.10 Å². The van der Waals surface area contributed by atoms with Crippen molar-refractivity contribution in [3.8, 4) is 0 Å². The largest absolute Gasteiger partial charge is 0.386 e. The summed E-state index contributed by atoms with van der Waals surface area (Å²) in [5.74, 6) is 0.439. The molecule has 26 heavy (non-hydrogen) atoms. The lowest BCUT2D eigenvalue weighted by Crippen LogP contribution is -2.39. The molecule has 1 fully saturated rings. The number of aromatic nitrogens is 4. The van der Waals surface area contributed by atoms with E-state index in [2.05, 4.69) is 15.3 Å². The van der Waals surface area contributed by atoms with E-state index in [-0.39, 0.29) is 5.91 Å². The lowest BCUT2D eigenvalue weighted by atomic mass is 10.1. The molecule has 1 amide bonds. The number of nitrogens with zero attached hydrogens (tertiary/aromatic N) is 4. The number of aliphatic hydroxyl groups excluding tert-OH is 1. The van der Waals surface area contributed by atoms with E-state index >= 15 is 0 Å². The molecular formula is C19H21N5O2. The smallest absolute Gasteiger partial charge is 0.229 e. The molecule has 1 aliphatic heterocycles. The summed E-state index contributed by atoms with van der Waals surface area (Å²) < 4.78 is 1.93. The molecule has 2 N–H and O–H groups in total. The minimum absolute atomic E-state index is 0.0798. The second-order valence-electron chi connectivity index (χ2n) is 7.28. The molecule has 1 aromatic carbocycles. The molecular weight excluding hydrogens is 330 g/mol. The van der Waals surface area contributed by atoms with E-state index < -0.39 is 6.10 Å². The van der Waals surface area contributed by atoms with Crippen LogP contribution in [-0.4, -0.2) is 42.4 Å². The van der Waals surface area contributed by atoms with Crippen molar-refractivity contribution in [2.24, 2.45) is 5.92 Å². The Bertz CT molecular complexity index is 971. The maximum absolute atomic E-state index is 12.8. The predicted octanol–water partition coefficient (Wildman–Crippen LogP) is 1.79. The van der Waals surface area contributed by atoms with Gasteiger partial charge in [0.2, 0.25) is 5.91 Å². The Morgan fingerprint density at radius 2 is 2.15 bits per heavy atom. The van der Waals surface area contributed by atoms with Crippen molar-refractivity contribution in [1.82, 2.24) is 24.9 Å². The zero-order valence-corrected chi connectivity index (χ0v) is 14.4. The van der Waals surface area contributed by atoms with Crippen molar-refractivity contribution in [3.05, 3.63) is 47.4 Å². The normalized spacial score (nSPS) is 18.1. The summed E-state index contributed by atoms with van der Waals surface area (Å²) in [6.07, 6.45) is 2.00. The summed E-state index contributed by atoms with van der Waals surface area (Å²) in [6, 6.07) is 9.77.